The van der Waals surface area contributed by atoms with E-state index in [2.05, 4.69) is 16.8 Å². The van der Waals surface area contributed by atoms with Crippen LogP contribution in [0, 0.1) is 6.92 Å². The molecule has 0 fully saturated rings. The first-order valence-corrected chi connectivity index (χ1v) is 9.39. The molecule has 29 heavy (non-hydrogen) atoms. The Balaban J connectivity index is 2.24. The van der Waals surface area contributed by atoms with Gasteiger partial charge < -0.3 is 14.6 Å². The molecule has 2 aromatic rings. The summed E-state index contributed by atoms with van der Waals surface area (Å²) in [4.78, 5) is 11.4. The summed E-state index contributed by atoms with van der Waals surface area (Å²) < 4.78 is 10.8. The highest BCUT2D eigenvalue weighted by Crippen LogP contribution is 2.41. The second kappa shape index (κ2) is 9.37. The van der Waals surface area contributed by atoms with Crippen LogP contribution in [0.5, 0.6) is 11.5 Å². The first-order valence-electron chi connectivity index (χ1n) is 9.39. The van der Waals surface area contributed by atoms with E-state index in [9.17, 15) is 9.90 Å². The minimum Gasteiger partial charge on any atom is -0.505 e. The van der Waals surface area contributed by atoms with Crippen molar-refractivity contribution < 1.29 is 19.4 Å². The predicted molar refractivity (Wildman–Crippen MR) is 113 cm³/mol. The molecule has 0 bridgehead atoms. The second-order valence-corrected chi connectivity index (χ2v) is 7.89. The lowest BCUT2D eigenvalue weighted by Gasteiger charge is -2.22. The summed E-state index contributed by atoms with van der Waals surface area (Å²) in [5.41, 5.74) is 2.77. The van der Waals surface area contributed by atoms with Crippen molar-refractivity contribution in [2.24, 2.45) is 10.2 Å². The Morgan fingerprint density at radius 1 is 1.14 bits per heavy atom. The summed E-state index contributed by atoms with van der Waals surface area (Å²) in [6.45, 7) is 13.3. The van der Waals surface area contributed by atoms with Crippen molar-refractivity contribution in [3.63, 3.8) is 0 Å². The Labute approximate surface area is 171 Å². The molecule has 0 aliphatic rings. The number of carbonyl (C=O) groups excluding carboxylic acids is 1. The molecular formula is C23H28N2O4. The van der Waals surface area contributed by atoms with E-state index in [-0.39, 0.29) is 24.4 Å². The Hall–Kier alpha value is -3.15. The zero-order valence-corrected chi connectivity index (χ0v) is 17.7. The third-order valence-corrected chi connectivity index (χ3v) is 4.08. The van der Waals surface area contributed by atoms with Gasteiger partial charge in [-0.15, -0.1) is 5.11 Å². The molecule has 1 N–H and O–H groups in total. The third kappa shape index (κ3) is 6.45. The summed E-state index contributed by atoms with van der Waals surface area (Å²) >= 11 is 0. The number of ether oxygens (including phenoxy) is 2. The van der Waals surface area contributed by atoms with Gasteiger partial charge >= 0.3 is 5.97 Å². The smallest absolute Gasteiger partial charge is 0.333 e. The topological polar surface area (TPSA) is 80.5 Å². The van der Waals surface area contributed by atoms with Crippen molar-refractivity contribution in [2.45, 2.75) is 40.0 Å². The second-order valence-electron chi connectivity index (χ2n) is 7.89. The molecule has 6 heteroatoms. The number of nitrogens with zero attached hydrogens (tertiary/aromatic N) is 2. The minimum atomic E-state index is -0.456. The summed E-state index contributed by atoms with van der Waals surface area (Å²) in [6, 6.07) is 11.0. The minimum absolute atomic E-state index is 0.0648. The van der Waals surface area contributed by atoms with Crippen molar-refractivity contribution in [2.75, 3.05) is 13.2 Å². The number of aryl methyl sites for hydroxylation is 1. The lowest BCUT2D eigenvalue weighted by molar-refractivity contribution is -0.139. The van der Waals surface area contributed by atoms with Crippen LogP contribution in [0.15, 0.2) is 58.8 Å². The normalized spacial score (nSPS) is 11.5. The molecule has 0 saturated carbocycles. The van der Waals surface area contributed by atoms with Crippen molar-refractivity contribution in [3.8, 4) is 11.5 Å². The molecule has 0 unspecified atom stereocenters. The summed E-state index contributed by atoms with van der Waals surface area (Å²) in [5, 5.41) is 19.2. The van der Waals surface area contributed by atoms with Crippen molar-refractivity contribution >= 4 is 17.3 Å². The lowest BCUT2D eigenvalue weighted by Crippen LogP contribution is -2.14. The first kappa shape index (κ1) is 22.1. The monoisotopic (exact) mass is 396 g/mol. The van der Waals surface area contributed by atoms with Crippen LogP contribution < -0.4 is 4.74 Å². The molecule has 0 aliphatic heterocycles. The lowest BCUT2D eigenvalue weighted by atomic mass is 9.86. The maximum atomic E-state index is 11.4. The van der Waals surface area contributed by atoms with Gasteiger partial charge in [-0.25, -0.2) is 4.79 Å². The van der Waals surface area contributed by atoms with Gasteiger partial charge in [0, 0.05) is 17.2 Å². The maximum Gasteiger partial charge on any atom is 0.333 e. The molecule has 0 radical (unpaired) electrons. The van der Waals surface area contributed by atoms with Crippen molar-refractivity contribution in [1.29, 1.82) is 0 Å². The van der Waals surface area contributed by atoms with E-state index < -0.39 is 5.97 Å². The summed E-state index contributed by atoms with van der Waals surface area (Å²) in [7, 11) is 0. The van der Waals surface area contributed by atoms with Crippen molar-refractivity contribution in [1.82, 2.24) is 0 Å². The van der Waals surface area contributed by atoms with Gasteiger partial charge in [-0.3, -0.25) is 0 Å². The number of azo groups is 1. The number of phenols is 1. The number of aromatic hydroxyl groups is 1. The quantitative estimate of drug-likeness (QED) is 0.273. The van der Waals surface area contributed by atoms with E-state index in [4.69, 9.17) is 9.47 Å². The van der Waals surface area contributed by atoms with Gasteiger partial charge in [0.25, 0.3) is 0 Å². The molecule has 0 aliphatic carbocycles. The fourth-order valence-corrected chi connectivity index (χ4v) is 2.54. The number of esters is 1. The molecule has 0 heterocycles. The fourth-order valence-electron chi connectivity index (χ4n) is 2.54. The van der Waals surface area contributed by atoms with Crippen LogP contribution in [0.3, 0.4) is 0 Å². The molecular weight excluding hydrogens is 368 g/mol. The molecule has 6 nitrogen and oxygen atoms in total. The van der Waals surface area contributed by atoms with E-state index in [1.54, 1.807) is 19.1 Å². The third-order valence-electron chi connectivity index (χ3n) is 4.08. The first-order chi connectivity index (χ1) is 13.6. The van der Waals surface area contributed by atoms with E-state index >= 15 is 0 Å². The van der Waals surface area contributed by atoms with Crippen LogP contribution in [-0.2, 0) is 14.9 Å². The average molecular weight is 396 g/mol. The maximum absolute atomic E-state index is 11.4. The van der Waals surface area contributed by atoms with Gasteiger partial charge in [-0.2, -0.15) is 5.11 Å². The fraction of sp³-hybridized carbons (Fsp3) is 0.348. The highest BCUT2D eigenvalue weighted by atomic mass is 16.6. The van der Waals surface area contributed by atoms with Gasteiger partial charge in [-0.05, 0) is 43.0 Å². The van der Waals surface area contributed by atoms with E-state index in [1.807, 2.05) is 52.0 Å². The molecule has 0 spiro atoms. The molecule has 0 atom stereocenters. The number of rotatable bonds is 7. The molecule has 0 amide bonds. The Bertz CT molecular complexity index is 927. The Morgan fingerprint density at radius 3 is 2.48 bits per heavy atom. The van der Waals surface area contributed by atoms with Gasteiger partial charge in [0.15, 0.2) is 0 Å². The molecule has 0 saturated heterocycles. The van der Waals surface area contributed by atoms with Crippen LogP contribution in [0.1, 0.15) is 38.8 Å². The Kier molecular flexibility index (Phi) is 7.15. The zero-order valence-electron chi connectivity index (χ0n) is 17.7. The summed E-state index contributed by atoms with van der Waals surface area (Å²) in [5.74, 6) is 0.120. The average Bonchev–Trinajstić information content (AvgIpc) is 2.64. The van der Waals surface area contributed by atoms with Crippen LogP contribution in [0.2, 0.25) is 0 Å². The molecule has 154 valence electrons. The highest BCUT2D eigenvalue weighted by molar-refractivity contribution is 5.86. The largest absolute Gasteiger partial charge is 0.505 e. The van der Waals surface area contributed by atoms with Crippen molar-refractivity contribution in [3.05, 3.63) is 59.7 Å². The van der Waals surface area contributed by atoms with E-state index in [1.165, 1.54) is 0 Å². The summed E-state index contributed by atoms with van der Waals surface area (Å²) in [6.07, 6.45) is 0. The van der Waals surface area contributed by atoms with Gasteiger partial charge in [0.1, 0.15) is 30.4 Å². The molecule has 2 rings (SSSR count). The molecule has 2 aromatic carbocycles. The SMILES string of the molecule is C=C(C)C(=O)OCCOc1cc(N=Nc2cccc(C)c2)c(O)c(C(C)(C)C)c1. The number of phenolic OH excluding ortho intramolecular Hbond substituents is 1. The number of hydrogen-bond acceptors (Lipinski definition) is 6. The van der Waals surface area contributed by atoms with E-state index in [0.29, 0.717) is 28.3 Å². The predicted octanol–water partition coefficient (Wildman–Crippen LogP) is 5.91. The number of carbonyl (C=O) groups is 1. The van der Waals surface area contributed by atoms with E-state index in [0.717, 1.165) is 5.56 Å². The highest BCUT2D eigenvalue weighted by Gasteiger charge is 2.22. The van der Waals surface area contributed by atoms with Crippen LogP contribution in [0.4, 0.5) is 11.4 Å². The molecule has 0 aromatic heterocycles. The Morgan fingerprint density at radius 2 is 1.86 bits per heavy atom. The van der Waals surface area contributed by atoms with Gasteiger partial charge in [-0.1, -0.05) is 39.5 Å². The zero-order chi connectivity index (χ0) is 21.6. The van der Waals surface area contributed by atoms with Crippen LogP contribution >= 0.6 is 0 Å². The van der Waals surface area contributed by atoms with Crippen LogP contribution in [-0.4, -0.2) is 24.3 Å². The van der Waals surface area contributed by atoms with Crippen LogP contribution in [0.25, 0.3) is 0 Å². The standard InChI is InChI=1S/C23H28N2O4/c1-15(2)22(27)29-11-10-28-18-13-19(23(4,5)6)21(26)20(14-18)25-24-17-9-7-8-16(3)12-17/h7-9,12-14,26H,1,10-11H2,2-6H3. The van der Waals surface area contributed by atoms with Gasteiger partial charge in [0.2, 0.25) is 0 Å². The number of hydrogen-bond donors (Lipinski definition) is 1. The number of benzene rings is 2. The van der Waals surface area contributed by atoms with Gasteiger partial charge in [0.05, 0.1) is 5.69 Å².